The lowest BCUT2D eigenvalue weighted by molar-refractivity contribution is -0.113. The van der Waals surface area contributed by atoms with Crippen LogP contribution in [-0.4, -0.2) is 61.2 Å². The molecule has 2 aromatic heterocycles. The van der Waals surface area contributed by atoms with E-state index in [0.717, 1.165) is 47.4 Å². The molecule has 1 saturated heterocycles. The molecule has 2 aromatic rings. The summed E-state index contributed by atoms with van der Waals surface area (Å²) in [6, 6.07) is 0. The minimum atomic E-state index is -0.385. The number of morpholine rings is 1. The predicted molar refractivity (Wildman–Crippen MR) is 119 cm³/mol. The van der Waals surface area contributed by atoms with E-state index in [4.69, 9.17) is 9.47 Å². The number of amides is 1. The molecule has 1 atom stereocenters. The van der Waals surface area contributed by atoms with Gasteiger partial charge in [0.05, 0.1) is 31.6 Å². The molecule has 1 N–H and O–H groups in total. The number of rotatable bonds is 6. The minimum absolute atomic E-state index is 0.167. The summed E-state index contributed by atoms with van der Waals surface area (Å²) in [5.74, 6) is 0.236. The summed E-state index contributed by atoms with van der Waals surface area (Å²) in [5.41, 5.74) is 1.56. The molecule has 0 bridgehead atoms. The molecule has 162 valence electrons. The fourth-order valence-electron chi connectivity index (χ4n) is 3.59. The van der Waals surface area contributed by atoms with Crippen molar-refractivity contribution >= 4 is 56.4 Å². The molecule has 0 spiro atoms. The second-order valence-electron chi connectivity index (χ2n) is 7.33. The summed E-state index contributed by atoms with van der Waals surface area (Å²) in [7, 11) is 1.38. The Labute approximate surface area is 187 Å². The summed E-state index contributed by atoms with van der Waals surface area (Å²) < 4.78 is 11.1. The Morgan fingerprint density at radius 3 is 2.87 bits per heavy atom. The first-order valence-electron chi connectivity index (χ1n) is 9.87. The zero-order valence-corrected chi connectivity index (χ0v) is 19.4. The zero-order chi connectivity index (χ0) is 21.1. The van der Waals surface area contributed by atoms with Crippen LogP contribution in [0.2, 0.25) is 0 Å². The largest absolute Gasteiger partial charge is 0.465 e. The molecule has 1 unspecified atom stereocenters. The molecule has 4 rings (SSSR count). The highest BCUT2D eigenvalue weighted by molar-refractivity contribution is 8.01. The number of fused-ring (bicyclic) bond motifs is 1. The van der Waals surface area contributed by atoms with E-state index in [2.05, 4.69) is 27.3 Å². The number of thiophene rings is 1. The van der Waals surface area contributed by atoms with Crippen molar-refractivity contribution < 1.29 is 19.1 Å². The van der Waals surface area contributed by atoms with Crippen LogP contribution in [-0.2, 0) is 27.1 Å². The summed E-state index contributed by atoms with van der Waals surface area (Å²) in [5, 5.41) is 12.8. The van der Waals surface area contributed by atoms with E-state index in [1.54, 1.807) is 0 Å². The van der Waals surface area contributed by atoms with Gasteiger partial charge in [-0.2, -0.15) is 0 Å². The number of ether oxygens (including phenoxy) is 2. The Morgan fingerprint density at radius 2 is 2.10 bits per heavy atom. The van der Waals surface area contributed by atoms with Crippen molar-refractivity contribution in [1.82, 2.24) is 10.2 Å². The van der Waals surface area contributed by atoms with Crippen LogP contribution >= 0.6 is 34.4 Å². The monoisotopic (exact) mass is 468 g/mol. The fraction of sp³-hybridized carbons (Fsp3) is 0.579. The molecular weight excluding hydrogens is 444 g/mol. The molecule has 1 amide bonds. The Morgan fingerprint density at radius 1 is 1.30 bits per heavy atom. The van der Waals surface area contributed by atoms with Gasteiger partial charge in [-0.05, 0) is 30.7 Å². The van der Waals surface area contributed by atoms with Gasteiger partial charge >= 0.3 is 5.97 Å². The number of methoxy groups -OCH3 is 1. The summed E-state index contributed by atoms with van der Waals surface area (Å²) in [4.78, 5) is 28.3. The van der Waals surface area contributed by atoms with Gasteiger partial charge in [0, 0.05) is 18.0 Å². The van der Waals surface area contributed by atoms with E-state index in [9.17, 15) is 9.59 Å². The number of thioether (sulfide) groups is 1. The second kappa shape index (κ2) is 9.63. The van der Waals surface area contributed by atoms with Crippen molar-refractivity contribution in [3.63, 3.8) is 0 Å². The quantitative estimate of drug-likeness (QED) is 0.511. The van der Waals surface area contributed by atoms with Crippen molar-refractivity contribution in [3.8, 4) is 0 Å². The van der Waals surface area contributed by atoms with Gasteiger partial charge in [-0.1, -0.05) is 30.0 Å². The normalized spacial score (nSPS) is 18.7. The van der Waals surface area contributed by atoms with Crippen molar-refractivity contribution in [1.29, 1.82) is 0 Å². The molecular formula is C19H24N4O4S3. The van der Waals surface area contributed by atoms with Crippen molar-refractivity contribution in [3.05, 3.63) is 16.0 Å². The standard InChI is InChI=1S/C19H24N4O4S3/c1-11-3-4-12-13(9-11)29-16(15(12)17(25)26-2)20-14(24)10-28-19-22-21-18(30-19)23-5-7-27-8-6-23/h11H,3-10H2,1-2H3,(H,20,24). The van der Waals surface area contributed by atoms with Crippen molar-refractivity contribution in [2.45, 2.75) is 30.5 Å². The number of carbonyl (C=O) groups excluding carboxylic acids is 2. The van der Waals surface area contributed by atoms with Crippen molar-refractivity contribution in [2.24, 2.45) is 5.92 Å². The van der Waals surface area contributed by atoms with Gasteiger partial charge in [-0.15, -0.1) is 21.5 Å². The average Bonchev–Trinajstić information content (AvgIpc) is 3.36. The van der Waals surface area contributed by atoms with Crippen LogP contribution in [0.4, 0.5) is 10.1 Å². The number of nitrogens with one attached hydrogen (secondary N) is 1. The molecule has 0 aromatic carbocycles. The van der Waals surface area contributed by atoms with Crippen LogP contribution in [0.5, 0.6) is 0 Å². The number of esters is 1. The third kappa shape index (κ3) is 4.79. The molecule has 3 heterocycles. The molecule has 1 fully saturated rings. The molecule has 1 aliphatic heterocycles. The number of nitrogens with zero attached hydrogens (tertiary/aromatic N) is 3. The van der Waals surface area contributed by atoms with Gasteiger partial charge in [-0.3, -0.25) is 4.79 Å². The minimum Gasteiger partial charge on any atom is -0.465 e. The van der Waals surface area contributed by atoms with Gasteiger partial charge in [-0.25, -0.2) is 4.79 Å². The maximum atomic E-state index is 12.6. The van der Waals surface area contributed by atoms with Gasteiger partial charge in [0.15, 0.2) is 4.34 Å². The third-order valence-corrected chi connectivity index (χ3v) is 8.45. The number of aromatic nitrogens is 2. The third-order valence-electron chi connectivity index (χ3n) is 5.16. The number of hydrogen-bond donors (Lipinski definition) is 1. The number of carbonyl (C=O) groups is 2. The number of hydrogen-bond acceptors (Lipinski definition) is 10. The van der Waals surface area contributed by atoms with Gasteiger partial charge in [0.2, 0.25) is 11.0 Å². The van der Waals surface area contributed by atoms with E-state index < -0.39 is 0 Å². The molecule has 1 aliphatic carbocycles. The summed E-state index contributed by atoms with van der Waals surface area (Å²) in [6.45, 7) is 5.20. The Balaban J connectivity index is 1.39. The average molecular weight is 469 g/mol. The molecule has 0 saturated carbocycles. The highest BCUT2D eigenvalue weighted by Crippen LogP contribution is 2.40. The van der Waals surface area contributed by atoms with E-state index in [-0.39, 0.29) is 17.6 Å². The van der Waals surface area contributed by atoms with Crippen LogP contribution in [0.3, 0.4) is 0 Å². The predicted octanol–water partition coefficient (Wildman–Crippen LogP) is 3.08. The van der Waals surface area contributed by atoms with Crippen LogP contribution < -0.4 is 10.2 Å². The molecule has 11 heteroatoms. The molecule has 0 radical (unpaired) electrons. The van der Waals surface area contributed by atoms with Crippen LogP contribution in [0.1, 0.15) is 34.1 Å². The molecule has 2 aliphatic rings. The maximum absolute atomic E-state index is 12.6. The van der Waals surface area contributed by atoms with E-state index in [1.807, 2.05) is 0 Å². The fourth-order valence-corrected chi connectivity index (χ4v) is 6.70. The van der Waals surface area contributed by atoms with Crippen LogP contribution in [0.15, 0.2) is 4.34 Å². The number of anilines is 2. The van der Waals surface area contributed by atoms with Crippen LogP contribution in [0.25, 0.3) is 0 Å². The lowest BCUT2D eigenvalue weighted by atomic mass is 9.88. The smallest absolute Gasteiger partial charge is 0.341 e. The first-order chi connectivity index (χ1) is 14.5. The maximum Gasteiger partial charge on any atom is 0.341 e. The van der Waals surface area contributed by atoms with E-state index in [1.165, 1.54) is 46.4 Å². The first kappa shape index (κ1) is 21.5. The van der Waals surface area contributed by atoms with E-state index >= 15 is 0 Å². The van der Waals surface area contributed by atoms with E-state index in [0.29, 0.717) is 29.7 Å². The van der Waals surface area contributed by atoms with Crippen LogP contribution in [0, 0.1) is 5.92 Å². The Bertz CT molecular complexity index is 923. The zero-order valence-electron chi connectivity index (χ0n) is 16.9. The van der Waals surface area contributed by atoms with Gasteiger partial charge in [0.25, 0.3) is 0 Å². The highest BCUT2D eigenvalue weighted by atomic mass is 32.2. The molecule has 8 nitrogen and oxygen atoms in total. The summed E-state index contributed by atoms with van der Waals surface area (Å²) in [6.07, 6.45) is 2.82. The highest BCUT2D eigenvalue weighted by Gasteiger charge is 2.29. The Kier molecular flexibility index (Phi) is 6.91. The Hall–Kier alpha value is -1.69. The SMILES string of the molecule is COC(=O)c1c(NC(=O)CSc2nnc(N3CCOCC3)s2)sc2c1CCC(C)C2. The molecule has 30 heavy (non-hydrogen) atoms. The second-order valence-corrected chi connectivity index (χ2v) is 10.6. The topological polar surface area (TPSA) is 93.6 Å². The lowest BCUT2D eigenvalue weighted by Crippen LogP contribution is -2.36. The van der Waals surface area contributed by atoms with Gasteiger partial charge in [0.1, 0.15) is 5.00 Å². The van der Waals surface area contributed by atoms with Gasteiger partial charge < -0.3 is 19.7 Å². The van der Waals surface area contributed by atoms with Crippen molar-refractivity contribution in [2.75, 3.05) is 49.4 Å². The lowest BCUT2D eigenvalue weighted by Gasteiger charge is -2.25. The first-order valence-corrected chi connectivity index (χ1v) is 12.5. The summed E-state index contributed by atoms with van der Waals surface area (Å²) >= 11 is 4.33.